The summed E-state index contributed by atoms with van der Waals surface area (Å²) in [4.78, 5) is 82.6. The van der Waals surface area contributed by atoms with Crippen LogP contribution in [0.1, 0.15) is 63.4 Å². The van der Waals surface area contributed by atoms with Gasteiger partial charge in [0.1, 0.15) is 30.9 Å². The molecule has 284 valence electrons. The summed E-state index contributed by atoms with van der Waals surface area (Å²) in [6, 6.07) is 5.29. The number of carbonyl (C=O) groups is 6. The van der Waals surface area contributed by atoms with Crippen molar-refractivity contribution in [1.82, 2.24) is 31.9 Å². The Labute approximate surface area is 298 Å². The first-order chi connectivity index (χ1) is 24.5. The molecule has 1 saturated heterocycles. The Hall–Kier alpha value is -4.81. The molecule has 1 aliphatic rings. The number of aliphatic imine (C=N–C) groups is 1. The molecule has 0 unspecified atom stereocenters. The molecule has 4 atom stereocenters. The number of unbranched alkanes of at least 4 members (excludes halogenated alkanes) is 2. The predicted octanol–water partition coefficient (Wildman–Crippen LogP) is -2.91. The van der Waals surface area contributed by atoms with Crippen molar-refractivity contribution >= 4 is 41.4 Å². The molecule has 0 aliphatic carbocycles. The quantitative estimate of drug-likeness (QED) is 0.0594. The number of guanidine groups is 1. The number of hydrogen-bond acceptors (Lipinski definition) is 10. The van der Waals surface area contributed by atoms with E-state index in [1.165, 1.54) is 0 Å². The van der Waals surface area contributed by atoms with Crippen molar-refractivity contribution in [3.8, 4) is 0 Å². The maximum Gasteiger partial charge on any atom is 0.245 e. The van der Waals surface area contributed by atoms with Gasteiger partial charge in [-0.1, -0.05) is 30.3 Å². The van der Waals surface area contributed by atoms with Crippen LogP contribution in [0.25, 0.3) is 0 Å². The Bertz CT molecular complexity index is 1290. The Balaban J connectivity index is 2.34. The molecule has 0 aromatic heterocycles. The lowest BCUT2D eigenvalue weighted by Crippen LogP contribution is -2.57. The topological polar surface area (TPSA) is 300 Å². The highest BCUT2D eigenvalue weighted by Crippen LogP contribution is 2.09. The van der Waals surface area contributed by atoms with Gasteiger partial charge < -0.3 is 59.6 Å². The van der Waals surface area contributed by atoms with Crippen LogP contribution >= 0.6 is 0 Å². The minimum Gasteiger partial charge on any atom is -0.370 e. The maximum absolute atomic E-state index is 13.7. The fourth-order valence-electron chi connectivity index (χ4n) is 5.17. The zero-order valence-corrected chi connectivity index (χ0v) is 29.1. The smallest absolute Gasteiger partial charge is 0.245 e. The number of aryl methyl sites for hydroxylation is 1. The second-order valence-electron chi connectivity index (χ2n) is 12.1. The van der Waals surface area contributed by atoms with E-state index in [-0.39, 0.29) is 57.9 Å². The largest absolute Gasteiger partial charge is 0.370 e. The number of benzene rings is 1. The molecule has 2 rings (SSSR count). The molecule has 51 heavy (non-hydrogen) atoms. The molecule has 0 saturated carbocycles. The van der Waals surface area contributed by atoms with Gasteiger partial charge in [0, 0.05) is 19.4 Å². The highest BCUT2D eigenvalue weighted by atomic mass is 16.5. The normalized spacial score (nSPS) is 22.3. The van der Waals surface area contributed by atoms with E-state index in [4.69, 9.17) is 27.7 Å². The highest BCUT2D eigenvalue weighted by Gasteiger charge is 2.29. The zero-order chi connectivity index (χ0) is 37.4. The molecule has 1 fully saturated rings. The van der Waals surface area contributed by atoms with Gasteiger partial charge in [-0.25, -0.2) is 4.99 Å². The number of hydrogen-bond donors (Lipinski definition) is 10. The van der Waals surface area contributed by atoms with Crippen LogP contribution in [0.15, 0.2) is 35.3 Å². The van der Waals surface area contributed by atoms with Crippen LogP contribution < -0.4 is 54.8 Å². The molecule has 0 radical (unpaired) electrons. The van der Waals surface area contributed by atoms with Crippen LogP contribution in [-0.2, 0) is 39.9 Å². The number of nitrogens with two attached hydrogens (primary N) is 4. The van der Waals surface area contributed by atoms with E-state index in [1.54, 1.807) is 0 Å². The van der Waals surface area contributed by atoms with Gasteiger partial charge in [0.25, 0.3) is 0 Å². The fraction of sp³-hybridized carbons (Fsp3) is 0.606. The van der Waals surface area contributed by atoms with Crippen LogP contribution in [0.4, 0.5) is 0 Å². The average Bonchev–Trinajstić information content (AvgIpc) is 3.10. The summed E-state index contributed by atoms with van der Waals surface area (Å²) in [6.45, 7) is 0.00855. The summed E-state index contributed by atoms with van der Waals surface area (Å²) >= 11 is 0. The fourth-order valence-corrected chi connectivity index (χ4v) is 5.17. The van der Waals surface area contributed by atoms with Gasteiger partial charge in [0.05, 0.1) is 13.2 Å². The zero-order valence-electron chi connectivity index (χ0n) is 29.1. The summed E-state index contributed by atoms with van der Waals surface area (Å²) in [5.74, 6) is -3.74. The van der Waals surface area contributed by atoms with Crippen molar-refractivity contribution in [2.75, 3.05) is 39.5 Å². The van der Waals surface area contributed by atoms with Crippen LogP contribution in [0, 0.1) is 0 Å². The van der Waals surface area contributed by atoms with E-state index >= 15 is 0 Å². The third-order valence-corrected chi connectivity index (χ3v) is 7.97. The number of amides is 6. The second kappa shape index (κ2) is 24.4. The van der Waals surface area contributed by atoms with E-state index in [1.807, 2.05) is 30.3 Å². The Morgan fingerprint density at radius 3 is 1.92 bits per heavy atom. The Morgan fingerprint density at radius 2 is 1.31 bits per heavy atom. The van der Waals surface area contributed by atoms with Crippen LogP contribution in [0.5, 0.6) is 0 Å². The molecule has 1 heterocycles. The number of nitrogens with one attached hydrogen (secondary N) is 6. The van der Waals surface area contributed by atoms with Gasteiger partial charge in [-0.15, -0.1) is 0 Å². The summed E-state index contributed by atoms with van der Waals surface area (Å²) in [5, 5.41) is 15.9. The van der Waals surface area contributed by atoms with Crippen LogP contribution in [0.2, 0.25) is 0 Å². The number of ether oxygens (including phenoxy) is 1. The van der Waals surface area contributed by atoms with Crippen molar-refractivity contribution in [1.29, 1.82) is 0 Å². The monoisotopic (exact) mass is 717 g/mol. The lowest BCUT2D eigenvalue weighted by Gasteiger charge is -2.25. The average molecular weight is 718 g/mol. The third-order valence-electron chi connectivity index (χ3n) is 7.97. The number of carbonyl (C=O) groups excluding carboxylic acids is 6. The molecule has 1 aliphatic heterocycles. The molecule has 6 amide bonds. The van der Waals surface area contributed by atoms with Gasteiger partial charge in [-0.2, -0.15) is 0 Å². The summed E-state index contributed by atoms with van der Waals surface area (Å²) < 4.78 is 5.51. The first-order valence-electron chi connectivity index (χ1n) is 17.4. The van der Waals surface area contributed by atoms with E-state index in [0.717, 1.165) is 5.56 Å². The summed E-state index contributed by atoms with van der Waals surface area (Å²) in [7, 11) is 0. The molecule has 1 aromatic rings. The van der Waals surface area contributed by atoms with Crippen molar-refractivity contribution in [2.24, 2.45) is 27.9 Å². The van der Waals surface area contributed by atoms with E-state index in [2.05, 4.69) is 36.9 Å². The van der Waals surface area contributed by atoms with Gasteiger partial charge in [0.2, 0.25) is 35.4 Å². The van der Waals surface area contributed by atoms with E-state index < -0.39 is 66.2 Å². The first-order valence-corrected chi connectivity index (χ1v) is 17.4. The lowest BCUT2D eigenvalue weighted by atomic mass is 10.0. The molecule has 0 bridgehead atoms. The van der Waals surface area contributed by atoms with Crippen molar-refractivity contribution < 1.29 is 33.5 Å². The van der Waals surface area contributed by atoms with Gasteiger partial charge >= 0.3 is 0 Å². The highest BCUT2D eigenvalue weighted by molar-refractivity contribution is 5.94. The minimum absolute atomic E-state index is 0.0215. The number of rotatable bonds is 12. The third kappa shape index (κ3) is 17.6. The Kier molecular flexibility index (Phi) is 20.2. The molecule has 18 nitrogen and oxygen atoms in total. The predicted molar refractivity (Wildman–Crippen MR) is 190 cm³/mol. The molecule has 1 aromatic carbocycles. The van der Waals surface area contributed by atoms with Crippen molar-refractivity contribution in [3.05, 3.63) is 35.9 Å². The van der Waals surface area contributed by atoms with Crippen molar-refractivity contribution in [3.63, 3.8) is 0 Å². The maximum atomic E-state index is 13.7. The molecule has 14 N–H and O–H groups in total. The molecular formula is C33H55N11O7. The van der Waals surface area contributed by atoms with Crippen molar-refractivity contribution in [2.45, 2.75) is 88.4 Å². The number of nitrogens with zero attached hydrogens (tertiary/aromatic N) is 1. The summed E-state index contributed by atoms with van der Waals surface area (Å²) in [5.41, 5.74) is 23.3. The second-order valence-corrected chi connectivity index (χ2v) is 12.1. The molecule has 0 spiro atoms. The standard InChI is InChI=1S/C33H55N11O7/c34-16-6-4-10-23-30(48)40-21-51-19-15-26(44-33(36)37)29(47)39-20-28(46)38-18-14-27(45)41-25(13-12-22-8-2-1-3-9-22)32(50)43-24(31(49)42-23)11-5-7-17-35/h1-3,8-9,23-26H,4-7,10-21,34-35H2,(H,38,46)(H,39,47)(H,40,48)(H,41,45)(H,42,49)(H,43,50)(H4,36,37,44)/t23-,24-,25+,26+/m0/s1. The van der Waals surface area contributed by atoms with E-state index in [9.17, 15) is 28.8 Å². The van der Waals surface area contributed by atoms with Gasteiger partial charge in [0.15, 0.2) is 5.96 Å². The molecular weight excluding hydrogens is 662 g/mol. The lowest BCUT2D eigenvalue weighted by molar-refractivity contribution is -0.134. The first kappa shape index (κ1) is 42.4. The SMILES string of the molecule is NCCCC[C@@H]1NC(=O)[C@H](CCCCN)NC(=O)[C@@H](CCc2ccccc2)NC(=O)CCNC(=O)CNC(=O)[C@H](N=C(N)N)CCOCNC1=O. The van der Waals surface area contributed by atoms with Gasteiger partial charge in [-0.3, -0.25) is 28.8 Å². The molecule has 18 heteroatoms. The van der Waals surface area contributed by atoms with Gasteiger partial charge in [-0.05, 0) is 70.0 Å². The van der Waals surface area contributed by atoms with E-state index in [0.29, 0.717) is 45.2 Å². The summed E-state index contributed by atoms with van der Waals surface area (Å²) in [6.07, 6.45) is 3.32. The van der Waals surface area contributed by atoms with Crippen LogP contribution in [0.3, 0.4) is 0 Å². The minimum atomic E-state index is -1.08. The Morgan fingerprint density at radius 1 is 0.706 bits per heavy atom. The van der Waals surface area contributed by atoms with Crippen LogP contribution in [-0.4, -0.2) is 105 Å².